The van der Waals surface area contributed by atoms with Crippen LogP contribution < -0.4 is 0 Å². The number of nitrogens with one attached hydrogen (secondary N) is 1. The van der Waals surface area contributed by atoms with Crippen molar-refractivity contribution in [1.82, 2.24) is 19.7 Å². The van der Waals surface area contributed by atoms with Crippen molar-refractivity contribution in [3.63, 3.8) is 0 Å². The first-order chi connectivity index (χ1) is 9.36. The lowest BCUT2D eigenvalue weighted by Crippen LogP contribution is -1.97. The topological polar surface area (TPSA) is 80.6 Å². The van der Waals surface area contributed by atoms with E-state index in [9.17, 15) is 8.42 Å². The molecule has 6 nitrogen and oxygen atoms in total. The predicted octanol–water partition coefficient (Wildman–Crippen LogP) is 1.68. The maximum absolute atomic E-state index is 11.8. The summed E-state index contributed by atoms with van der Waals surface area (Å²) < 4.78 is 25.3. The summed E-state index contributed by atoms with van der Waals surface area (Å²) in [7, 11) is -1.47. The summed E-state index contributed by atoms with van der Waals surface area (Å²) in [6.07, 6.45) is 3.04. The first-order valence-electron chi connectivity index (χ1n) is 6.05. The van der Waals surface area contributed by atoms with Crippen LogP contribution in [-0.2, 0) is 16.9 Å². The molecule has 0 aliphatic carbocycles. The van der Waals surface area contributed by atoms with E-state index in [0.29, 0.717) is 16.9 Å². The third kappa shape index (κ3) is 2.00. The highest BCUT2D eigenvalue weighted by Gasteiger charge is 2.17. The maximum atomic E-state index is 11.8. The van der Waals surface area contributed by atoms with E-state index in [4.69, 9.17) is 0 Å². The fourth-order valence-electron chi connectivity index (χ4n) is 2.26. The normalized spacial score (nSPS) is 12.2. The first-order valence-corrected chi connectivity index (χ1v) is 7.95. The number of nitrogens with zero attached hydrogens (tertiary/aromatic N) is 3. The lowest BCUT2D eigenvalue weighted by atomic mass is 10.2. The van der Waals surface area contributed by atoms with E-state index >= 15 is 0 Å². The molecule has 1 N–H and O–H groups in total. The van der Waals surface area contributed by atoms with Crippen molar-refractivity contribution in [2.75, 3.05) is 6.26 Å². The van der Waals surface area contributed by atoms with Crippen molar-refractivity contribution < 1.29 is 8.42 Å². The smallest absolute Gasteiger partial charge is 0.177 e. The summed E-state index contributed by atoms with van der Waals surface area (Å²) in [5.41, 5.74) is 2.87. The second-order valence-corrected chi connectivity index (χ2v) is 6.80. The van der Waals surface area contributed by atoms with Crippen molar-refractivity contribution in [3.8, 4) is 11.4 Å². The van der Waals surface area contributed by atoms with Gasteiger partial charge in [0.2, 0.25) is 0 Å². The second kappa shape index (κ2) is 4.17. The number of imidazole rings is 1. The van der Waals surface area contributed by atoms with Gasteiger partial charge in [-0.2, -0.15) is 5.10 Å². The zero-order valence-electron chi connectivity index (χ0n) is 11.4. The van der Waals surface area contributed by atoms with Crippen molar-refractivity contribution >= 4 is 20.9 Å². The molecule has 0 aliphatic heterocycles. The van der Waals surface area contributed by atoms with Gasteiger partial charge in [0.05, 0.1) is 21.7 Å². The van der Waals surface area contributed by atoms with Gasteiger partial charge in [0, 0.05) is 19.5 Å². The van der Waals surface area contributed by atoms with E-state index in [1.54, 1.807) is 16.8 Å². The van der Waals surface area contributed by atoms with Gasteiger partial charge in [0.25, 0.3) is 0 Å². The molecule has 0 saturated heterocycles. The summed E-state index contributed by atoms with van der Waals surface area (Å²) in [6.45, 7) is 1.89. The largest absolute Gasteiger partial charge is 0.338 e. The number of aromatic nitrogens is 4. The predicted molar refractivity (Wildman–Crippen MR) is 76.1 cm³/mol. The molecule has 0 spiro atoms. The Morgan fingerprint density at radius 2 is 2.05 bits per heavy atom. The fraction of sp³-hybridized carbons (Fsp3) is 0.231. The lowest BCUT2D eigenvalue weighted by Gasteiger charge is -1.97. The van der Waals surface area contributed by atoms with Gasteiger partial charge in [0.1, 0.15) is 11.3 Å². The molecule has 0 saturated carbocycles. The molecule has 7 heteroatoms. The van der Waals surface area contributed by atoms with Crippen LogP contribution in [0.25, 0.3) is 22.4 Å². The maximum Gasteiger partial charge on any atom is 0.177 e. The Morgan fingerprint density at radius 3 is 2.65 bits per heavy atom. The Kier molecular flexibility index (Phi) is 2.68. The highest BCUT2D eigenvalue weighted by atomic mass is 32.2. The van der Waals surface area contributed by atoms with Crippen molar-refractivity contribution in [1.29, 1.82) is 0 Å². The molecule has 3 aromatic rings. The fourth-order valence-corrected chi connectivity index (χ4v) is 3.10. The molecule has 0 atom stereocenters. The number of hydrogen-bond donors (Lipinski definition) is 1. The van der Waals surface area contributed by atoms with E-state index in [1.165, 1.54) is 6.26 Å². The molecule has 0 amide bonds. The van der Waals surface area contributed by atoms with Gasteiger partial charge >= 0.3 is 0 Å². The van der Waals surface area contributed by atoms with Crippen LogP contribution in [0.15, 0.2) is 29.3 Å². The van der Waals surface area contributed by atoms with Gasteiger partial charge in [-0.1, -0.05) is 6.07 Å². The average Bonchev–Trinajstić information content (AvgIpc) is 2.89. The summed E-state index contributed by atoms with van der Waals surface area (Å²) >= 11 is 0. The Hall–Kier alpha value is -2.15. The zero-order valence-corrected chi connectivity index (χ0v) is 12.2. The number of benzene rings is 1. The summed E-state index contributed by atoms with van der Waals surface area (Å²) in [5, 5.41) is 4.27. The van der Waals surface area contributed by atoms with Gasteiger partial charge in [-0.05, 0) is 19.1 Å². The van der Waals surface area contributed by atoms with Crippen LogP contribution in [0.3, 0.4) is 0 Å². The molecule has 0 unspecified atom stereocenters. The Balaban J connectivity index is 2.29. The van der Waals surface area contributed by atoms with Gasteiger partial charge < -0.3 is 4.98 Å². The van der Waals surface area contributed by atoms with Gasteiger partial charge in [0.15, 0.2) is 9.84 Å². The van der Waals surface area contributed by atoms with Gasteiger partial charge in [-0.25, -0.2) is 13.4 Å². The number of sulfone groups is 1. The third-order valence-electron chi connectivity index (χ3n) is 3.14. The molecule has 104 valence electrons. The van der Waals surface area contributed by atoms with Crippen LogP contribution >= 0.6 is 0 Å². The minimum absolute atomic E-state index is 0.235. The number of para-hydroxylation sites is 1. The lowest BCUT2D eigenvalue weighted by molar-refractivity contribution is 0.602. The molecule has 20 heavy (non-hydrogen) atoms. The Bertz CT molecular complexity index is 906. The van der Waals surface area contributed by atoms with E-state index in [-0.39, 0.29) is 4.90 Å². The number of rotatable bonds is 2. The van der Waals surface area contributed by atoms with E-state index in [0.717, 1.165) is 11.3 Å². The first kappa shape index (κ1) is 12.9. The number of fused-ring (bicyclic) bond motifs is 1. The van der Waals surface area contributed by atoms with E-state index in [1.807, 2.05) is 26.2 Å². The summed E-state index contributed by atoms with van der Waals surface area (Å²) in [4.78, 5) is 7.82. The number of aromatic amines is 1. The molecule has 0 aliphatic rings. The van der Waals surface area contributed by atoms with E-state index < -0.39 is 9.84 Å². The monoisotopic (exact) mass is 290 g/mol. The highest BCUT2D eigenvalue weighted by molar-refractivity contribution is 7.91. The molecule has 1 aromatic carbocycles. The summed E-state index contributed by atoms with van der Waals surface area (Å²) in [6, 6.07) is 5.08. The van der Waals surface area contributed by atoms with Crippen LogP contribution in [0.4, 0.5) is 0 Å². The molecule has 0 fully saturated rings. The highest BCUT2D eigenvalue weighted by Crippen LogP contribution is 2.26. The van der Waals surface area contributed by atoms with Gasteiger partial charge in [-0.15, -0.1) is 0 Å². The SMILES string of the molecule is Cc1nn(C)cc1-c1nc2c(S(C)(=O)=O)cccc2[nH]1. The second-order valence-electron chi connectivity index (χ2n) is 4.81. The molecule has 2 aromatic heterocycles. The molecule has 2 heterocycles. The number of aryl methyl sites for hydroxylation is 2. The van der Waals surface area contributed by atoms with Crippen LogP contribution in [0.5, 0.6) is 0 Å². The van der Waals surface area contributed by atoms with Crippen LogP contribution in [-0.4, -0.2) is 34.4 Å². The molecular weight excluding hydrogens is 276 g/mol. The van der Waals surface area contributed by atoms with Crippen molar-refractivity contribution in [3.05, 3.63) is 30.1 Å². The molecule has 0 radical (unpaired) electrons. The summed E-state index contributed by atoms with van der Waals surface area (Å²) in [5.74, 6) is 0.627. The minimum atomic E-state index is -3.31. The Morgan fingerprint density at radius 1 is 1.30 bits per heavy atom. The third-order valence-corrected chi connectivity index (χ3v) is 4.27. The van der Waals surface area contributed by atoms with Crippen LogP contribution in [0, 0.1) is 6.92 Å². The van der Waals surface area contributed by atoms with Crippen molar-refractivity contribution in [2.45, 2.75) is 11.8 Å². The molecule has 0 bridgehead atoms. The molecular formula is C13H14N4O2S. The van der Waals surface area contributed by atoms with Crippen LogP contribution in [0.2, 0.25) is 0 Å². The minimum Gasteiger partial charge on any atom is -0.338 e. The molecule has 3 rings (SSSR count). The Labute approximate surface area is 116 Å². The van der Waals surface area contributed by atoms with Gasteiger partial charge in [-0.3, -0.25) is 4.68 Å². The zero-order chi connectivity index (χ0) is 14.5. The van der Waals surface area contributed by atoms with E-state index in [2.05, 4.69) is 15.1 Å². The standard InChI is InChI=1S/C13H14N4O2S/c1-8-9(7-17(2)16-8)13-14-10-5-4-6-11(12(10)15-13)20(3,18)19/h4-7H,1-3H3,(H,14,15). The van der Waals surface area contributed by atoms with Crippen LogP contribution in [0.1, 0.15) is 5.69 Å². The number of H-pyrrole nitrogens is 1. The quantitative estimate of drug-likeness (QED) is 0.778. The number of hydrogen-bond acceptors (Lipinski definition) is 4. The average molecular weight is 290 g/mol. The van der Waals surface area contributed by atoms with Crippen molar-refractivity contribution in [2.24, 2.45) is 7.05 Å².